The molecule has 0 saturated carbocycles. The van der Waals surface area contributed by atoms with Crippen LogP contribution in [0.5, 0.6) is 0 Å². The summed E-state index contributed by atoms with van der Waals surface area (Å²) >= 11 is 0. The molecule has 35 heavy (non-hydrogen) atoms. The molecule has 1 fully saturated rings. The standard InChI is InChI=1S/C25H31F3N4O3/c1-24(2,3)35-23(34)31-20(15-17-7-5-4-6-8-17)22(33)30-19-11-13-32(14-12-19)21-10-9-18(16-29-21)25(26,27)28/h4-10,16,19-20H,11-15H2,1-3H3,(H,30,33)(H,31,34). The number of pyridine rings is 1. The number of hydrogen-bond donors (Lipinski definition) is 2. The zero-order chi connectivity index (χ0) is 25.6. The van der Waals surface area contributed by atoms with Crippen LogP contribution in [0.15, 0.2) is 48.7 Å². The third-order valence-electron chi connectivity index (χ3n) is 5.53. The third-order valence-corrected chi connectivity index (χ3v) is 5.53. The summed E-state index contributed by atoms with van der Waals surface area (Å²) in [7, 11) is 0. The first-order valence-corrected chi connectivity index (χ1v) is 11.5. The summed E-state index contributed by atoms with van der Waals surface area (Å²) in [5.41, 5.74) is -0.589. The Hall–Kier alpha value is -3.30. The Bertz CT molecular complexity index is 984. The first-order chi connectivity index (χ1) is 16.4. The molecular formula is C25H31F3N4O3. The largest absolute Gasteiger partial charge is 0.444 e. The maximum absolute atomic E-state index is 13.1. The lowest BCUT2D eigenvalue weighted by molar-refractivity contribution is -0.137. The van der Waals surface area contributed by atoms with Crippen LogP contribution in [0, 0.1) is 0 Å². The average molecular weight is 493 g/mol. The third kappa shape index (κ3) is 8.15. The van der Waals surface area contributed by atoms with E-state index >= 15 is 0 Å². The number of carbonyl (C=O) groups excluding carboxylic acids is 2. The van der Waals surface area contributed by atoms with Crippen LogP contribution in [0.3, 0.4) is 0 Å². The molecule has 3 rings (SSSR count). The summed E-state index contributed by atoms with van der Waals surface area (Å²) in [6.45, 7) is 6.31. The number of halogens is 3. The summed E-state index contributed by atoms with van der Waals surface area (Å²) in [5, 5.41) is 5.68. The Kier molecular flexibility index (Phi) is 8.24. The molecule has 0 bridgehead atoms. The van der Waals surface area contributed by atoms with E-state index in [1.54, 1.807) is 20.8 Å². The van der Waals surface area contributed by atoms with Crippen molar-refractivity contribution in [2.45, 2.75) is 63.9 Å². The molecule has 0 radical (unpaired) electrons. The van der Waals surface area contributed by atoms with Gasteiger partial charge in [0.1, 0.15) is 17.5 Å². The van der Waals surface area contributed by atoms with Gasteiger partial charge in [0.2, 0.25) is 5.91 Å². The van der Waals surface area contributed by atoms with Gasteiger partial charge in [-0.3, -0.25) is 4.79 Å². The second-order valence-electron chi connectivity index (χ2n) is 9.56. The van der Waals surface area contributed by atoms with E-state index in [1.165, 1.54) is 6.07 Å². The zero-order valence-electron chi connectivity index (χ0n) is 20.1. The lowest BCUT2D eigenvalue weighted by Gasteiger charge is -2.34. The SMILES string of the molecule is CC(C)(C)OC(=O)NC(Cc1ccccc1)C(=O)NC1CCN(c2ccc(C(F)(F)F)cn2)CC1. The molecule has 10 heteroatoms. The van der Waals surface area contributed by atoms with Crippen molar-refractivity contribution < 1.29 is 27.5 Å². The summed E-state index contributed by atoms with van der Waals surface area (Å²) < 4.78 is 43.6. The molecule has 7 nitrogen and oxygen atoms in total. The van der Waals surface area contributed by atoms with Crippen LogP contribution in [0.2, 0.25) is 0 Å². The van der Waals surface area contributed by atoms with Crippen molar-refractivity contribution in [1.29, 1.82) is 0 Å². The summed E-state index contributed by atoms with van der Waals surface area (Å²) in [6, 6.07) is 10.8. The van der Waals surface area contributed by atoms with Crippen LogP contribution >= 0.6 is 0 Å². The van der Waals surface area contributed by atoms with E-state index in [0.717, 1.165) is 17.8 Å². The number of piperidine rings is 1. The Morgan fingerprint density at radius 1 is 1.09 bits per heavy atom. The molecule has 190 valence electrons. The monoisotopic (exact) mass is 492 g/mol. The number of anilines is 1. The van der Waals surface area contributed by atoms with Crippen LogP contribution in [0.25, 0.3) is 0 Å². The summed E-state index contributed by atoms with van der Waals surface area (Å²) in [5.74, 6) is 0.155. The number of rotatable bonds is 6. The molecule has 1 unspecified atom stereocenters. The maximum Gasteiger partial charge on any atom is 0.417 e. The van der Waals surface area contributed by atoms with E-state index in [0.29, 0.717) is 38.2 Å². The Morgan fingerprint density at radius 2 is 1.74 bits per heavy atom. The molecule has 0 aliphatic carbocycles. The number of nitrogens with one attached hydrogen (secondary N) is 2. The van der Waals surface area contributed by atoms with Crippen molar-refractivity contribution in [3.8, 4) is 0 Å². The fourth-order valence-corrected chi connectivity index (χ4v) is 3.80. The van der Waals surface area contributed by atoms with Gasteiger partial charge in [0.25, 0.3) is 0 Å². The van der Waals surface area contributed by atoms with Gasteiger partial charge in [-0.25, -0.2) is 9.78 Å². The van der Waals surface area contributed by atoms with Crippen molar-refractivity contribution in [3.05, 3.63) is 59.8 Å². The number of nitrogens with zero attached hydrogens (tertiary/aromatic N) is 2. The van der Waals surface area contributed by atoms with E-state index in [-0.39, 0.29) is 11.9 Å². The molecule has 0 spiro atoms. The van der Waals surface area contributed by atoms with Crippen molar-refractivity contribution in [2.75, 3.05) is 18.0 Å². The highest BCUT2D eigenvalue weighted by molar-refractivity contribution is 5.86. The van der Waals surface area contributed by atoms with Crippen LogP contribution in [0.1, 0.15) is 44.7 Å². The van der Waals surface area contributed by atoms with Crippen molar-refractivity contribution in [2.24, 2.45) is 0 Å². The molecular weight excluding hydrogens is 461 g/mol. The Morgan fingerprint density at radius 3 is 2.29 bits per heavy atom. The summed E-state index contributed by atoms with van der Waals surface area (Å²) in [4.78, 5) is 31.3. The first-order valence-electron chi connectivity index (χ1n) is 11.5. The second kappa shape index (κ2) is 11.0. The Labute approximate surface area is 203 Å². The zero-order valence-corrected chi connectivity index (χ0v) is 20.1. The number of alkyl carbamates (subject to hydrolysis) is 1. The predicted octanol–water partition coefficient (Wildman–Crippen LogP) is 4.32. The van der Waals surface area contributed by atoms with Gasteiger partial charge < -0.3 is 20.3 Å². The lowest BCUT2D eigenvalue weighted by Crippen LogP contribution is -2.53. The fourth-order valence-electron chi connectivity index (χ4n) is 3.80. The fraction of sp³-hybridized carbons (Fsp3) is 0.480. The minimum atomic E-state index is -4.42. The van der Waals surface area contributed by atoms with Crippen LogP contribution in [-0.2, 0) is 22.1 Å². The minimum Gasteiger partial charge on any atom is -0.444 e. The summed E-state index contributed by atoms with van der Waals surface area (Å²) in [6.07, 6.45) is -2.76. The van der Waals surface area contributed by atoms with Crippen LogP contribution in [-0.4, -0.2) is 47.8 Å². The van der Waals surface area contributed by atoms with Gasteiger partial charge in [-0.05, 0) is 51.3 Å². The molecule has 2 aromatic rings. The van der Waals surface area contributed by atoms with Gasteiger partial charge in [-0.15, -0.1) is 0 Å². The molecule has 1 aromatic heterocycles. The van der Waals surface area contributed by atoms with E-state index < -0.39 is 29.5 Å². The van der Waals surface area contributed by atoms with Gasteiger partial charge in [0.15, 0.2) is 0 Å². The van der Waals surface area contributed by atoms with Crippen molar-refractivity contribution >= 4 is 17.8 Å². The number of aromatic nitrogens is 1. The average Bonchev–Trinajstić information content (AvgIpc) is 2.78. The number of hydrogen-bond acceptors (Lipinski definition) is 5. The van der Waals surface area contributed by atoms with E-state index in [4.69, 9.17) is 4.74 Å². The maximum atomic E-state index is 13.1. The van der Waals surface area contributed by atoms with Crippen molar-refractivity contribution in [1.82, 2.24) is 15.6 Å². The van der Waals surface area contributed by atoms with Gasteiger partial charge in [0, 0.05) is 31.7 Å². The first kappa shape index (κ1) is 26.3. The van der Waals surface area contributed by atoms with Gasteiger partial charge >= 0.3 is 12.3 Å². The number of alkyl halides is 3. The second-order valence-corrected chi connectivity index (χ2v) is 9.56. The lowest BCUT2D eigenvalue weighted by atomic mass is 10.0. The van der Waals surface area contributed by atoms with Gasteiger partial charge in [-0.1, -0.05) is 30.3 Å². The van der Waals surface area contributed by atoms with E-state index in [1.807, 2.05) is 35.2 Å². The molecule has 2 heterocycles. The van der Waals surface area contributed by atoms with Gasteiger partial charge in [0.05, 0.1) is 5.56 Å². The highest BCUT2D eigenvalue weighted by atomic mass is 19.4. The van der Waals surface area contributed by atoms with Crippen molar-refractivity contribution in [3.63, 3.8) is 0 Å². The molecule has 1 aliphatic rings. The molecule has 1 saturated heterocycles. The number of ether oxygens (including phenoxy) is 1. The molecule has 1 atom stereocenters. The highest BCUT2D eigenvalue weighted by Crippen LogP contribution is 2.29. The number of amides is 2. The molecule has 1 aromatic carbocycles. The van der Waals surface area contributed by atoms with E-state index in [9.17, 15) is 22.8 Å². The normalized spacial score (nSPS) is 15.9. The topological polar surface area (TPSA) is 83.6 Å². The number of carbonyl (C=O) groups is 2. The smallest absolute Gasteiger partial charge is 0.417 e. The van der Waals surface area contributed by atoms with Crippen LogP contribution in [0.4, 0.5) is 23.8 Å². The predicted molar refractivity (Wildman–Crippen MR) is 126 cm³/mol. The molecule has 2 amide bonds. The minimum absolute atomic E-state index is 0.132. The van der Waals surface area contributed by atoms with Crippen LogP contribution < -0.4 is 15.5 Å². The molecule has 1 aliphatic heterocycles. The number of benzene rings is 1. The molecule has 2 N–H and O–H groups in total. The highest BCUT2D eigenvalue weighted by Gasteiger charge is 2.32. The quantitative estimate of drug-likeness (QED) is 0.628. The Balaban J connectivity index is 1.58. The van der Waals surface area contributed by atoms with Gasteiger partial charge in [-0.2, -0.15) is 13.2 Å². The van der Waals surface area contributed by atoms with E-state index in [2.05, 4.69) is 15.6 Å².